The first-order valence-electron chi connectivity index (χ1n) is 3.87. The Morgan fingerprint density at radius 1 is 1.60 bits per heavy atom. The van der Waals surface area contributed by atoms with Gasteiger partial charge in [0.15, 0.2) is 0 Å². The number of hydrogen-bond donors (Lipinski definition) is 2. The molecule has 0 fully saturated rings. The number of amides is 1. The van der Waals surface area contributed by atoms with E-state index in [4.69, 9.17) is 9.84 Å². The first-order valence-corrected chi connectivity index (χ1v) is 3.87. The molecule has 1 amide bonds. The molecule has 0 unspecified atom stereocenters. The number of benzene rings is 1. The maximum Gasteiger partial charge on any atom is 0.409 e. The van der Waals surface area contributed by atoms with E-state index < -0.39 is 11.0 Å². The molecule has 0 bridgehead atoms. The second-order valence-electron chi connectivity index (χ2n) is 2.57. The van der Waals surface area contributed by atoms with Crippen molar-refractivity contribution in [3.8, 4) is 5.75 Å². The lowest BCUT2D eigenvalue weighted by Crippen LogP contribution is -2.08. The van der Waals surface area contributed by atoms with Crippen molar-refractivity contribution in [2.24, 2.45) is 0 Å². The predicted octanol–water partition coefficient (Wildman–Crippen LogP) is 1.69. The molecule has 2 N–H and O–H groups in total. The zero-order chi connectivity index (χ0) is 11.4. The van der Waals surface area contributed by atoms with E-state index in [1.54, 1.807) is 0 Å². The minimum Gasteiger partial charge on any atom is -0.494 e. The van der Waals surface area contributed by atoms with Gasteiger partial charge in [0.1, 0.15) is 5.75 Å². The molecular formula is C8H8N2O5. The molecule has 0 heterocycles. The van der Waals surface area contributed by atoms with Crippen LogP contribution in [0.4, 0.5) is 16.2 Å². The number of nitrogens with one attached hydrogen (secondary N) is 1. The van der Waals surface area contributed by atoms with Crippen LogP contribution in [-0.4, -0.2) is 23.2 Å². The Kier molecular flexibility index (Phi) is 3.06. The standard InChI is InChI=1S/C8H8N2O5/c1-15-7-4-5(10(13)14)2-3-6(7)9-8(11)12/h2-4,9H,1H3,(H,11,12). The van der Waals surface area contributed by atoms with Gasteiger partial charge in [-0.05, 0) is 6.07 Å². The maximum atomic E-state index is 10.4. The number of methoxy groups -OCH3 is 1. The molecule has 0 aliphatic rings. The Bertz CT molecular complexity index is 404. The van der Waals surface area contributed by atoms with E-state index in [0.29, 0.717) is 0 Å². The molecule has 0 aromatic heterocycles. The Morgan fingerprint density at radius 3 is 2.73 bits per heavy atom. The van der Waals surface area contributed by atoms with Crippen LogP contribution < -0.4 is 10.1 Å². The van der Waals surface area contributed by atoms with E-state index >= 15 is 0 Å². The third kappa shape index (κ3) is 2.56. The highest BCUT2D eigenvalue weighted by atomic mass is 16.6. The van der Waals surface area contributed by atoms with Crippen LogP contribution in [0.2, 0.25) is 0 Å². The van der Waals surface area contributed by atoms with Gasteiger partial charge in [0, 0.05) is 6.07 Å². The third-order valence-electron chi connectivity index (χ3n) is 1.64. The molecule has 0 aliphatic heterocycles. The van der Waals surface area contributed by atoms with Gasteiger partial charge in [-0.15, -0.1) is 0 Å². The highest BCUT2D eigenvalue weighted by Crippen LogP contribution is 2.28. The number of non-ortho nitro benzene ring substituents is 1. The lowest BCUT2D eigenvalue weighted by Gasteiger charge is -2.06. The molecule has 15 heavy (non-hydrogen) atoms. The third-order valence-corrected chi connectivity index (χ3v) is 1.64. The van der Waals surface area contributed by atoms with Crippen molar-refractivity contribution in [1.82, 2.24) is 0 Å². The first-order chi connectivity index (χ1) is 7.04. The van der Waals surface area contributed by atoms with Gasteiger partial charge < -0.3 is 9.84 Å². The van der Waals surface area contributed by atoms with E-state index in [1.165, 1.54) is 19.2 Å². The smallest absolute Gasteiger partial charge is 0.409 e. The van der Waals surface area contributed by atoms with E-state index in [1.807, 2.05) is 0 Å². The Morgan fingerprint density at radius 2 is 2.27 bits per heavy atom. The normalized spacial score (nSPS) is 9.40. The minimum absolute atomic E-state index is 0.103. The summed E-state index contributed by atoms with van der Waals surface area (Å²) in [5.41, 5.74) is -0.00149. The summed E-state index contributed by atoms with van der Waals surface area (Å²) in [6, 6.07) is 3.60. The average molecular weight is 212 g/mol. The van der Waals surface area contributed by atoms with Crippen LogP contribution >= 0.6 is 0 Å². The first kappa shape index (κ1) is 10.8. The number of nitro benzene ring substituents is 1. The molecule has 80 valence electrons. The van der Waals surface area contributed by atoms with Crippen LogP contribution in [0, 0.1) is 10.1 Å². The summed E-state index contributed by atoms with van der Waals surface area (Å²) in [5, 5.41) is 20.9. The highest BCUT2D eigenvalue weighted by Gasteiger charge is 2.12. The SMILES string of the molecule is COc1cc([N+](=O)[O-])ccc1NC(=O)O. The molecule has 0 saturated carbocycles. The van der Waals surface area contributed by atoms with Crippen molar-refractivity contribution in [3.63, 3.8) is 0 Å². The highest BCUT2D eigenvalue weighted by molar-refractivity contribution is 5.85. The van der Waals surface area contributed by atoms with Gasteiger partial charge in [0.2, 0.25) is 0 Å². The second kappa shape index (κ2) is 4.27. The largest absolute Gasteiger partial charge is 0.494 e. The van der Waals surface area contributed by atoms with Gasteiger partial charge in [0.05, 0.1) is 23.8 Å². The quantitative estimate of drug-likeness (QED) is 0.586. The molecule has 7 nitrogen and oxygen atoms in total. The zero-order valence-electron chi connectivity index (χ0n) is 7.76. The van der Waals surface area contributed by atoms with Crippen LogP contribution in [0.3, 0.4) is 0 Å². The lowest BCUT2D eigenvalue weighted by molar-refractivity contribution is -0.384. The van der Waals surface area contributed by atoms with Crippen molar-refractivity contribution >= 4 is 17.5 Å². The number of carbonyl (C=O) groups is 1. The molecule has 0 saturated heterocycles. The van der Waals surface area contributed by atoms with Gasteiger partial charge >= 0.3 is 6.09 Å². The summed E-state index contributed by atoms with van der Waals surface area (Å²) in [6.07, 6.45) is -1.26. The minimum atomic E-state index is -1.26. The van der Waals surface area contributed by atoms with E-state index in [0.717, 1.165) is 6.07 Å². The number of nitrogens with zero attached hydrogens (tertiary/aromatic N) is 1. The number of nitro groups is 1. The Labute approximate surface area is 84.4 Å². The van der Waals surface area contributed by atoms with Gasteiger partial charge in [0.25, 0.3) is 5.69 Å². The average Bonchev–Trinajstić information content (AvgIpc) is 2.17. The Hall–Kier alpha value is -2.31. The number of ether oxygens (including phenoxy) is 1. The van der Waals surface area contributed by atoms with Crippen LogP contribution in [0.15, 0.2) is 18.2 Å². The second-order valence-corrected chi connectivity index (χ2v) is 2.57. The van der Waals surface area contributed by atoms with Crippen molar-refractivity contribution < 1.29 is 19.6 Å². The van der Waals surface area contributed by atoms with Crippen molar-refractivity contribution in [1.29, 1.82) is 0 Å². The van der Waals surface area contributed by atoms with Crippen LogP contribution in [0.5, 0.6) is 5.75 Å². The summed E-state index contributed by atoms with van der Waals surface area (Å²) < 4.78 is 4.81. The van der Waals surface area contributed by atoms with Crippen LogP contribution in [0.25, 0.3) is 0 Å². The molecule has 0 spiro atoms. The van der Waals surface area contributed by atoms with Gasteiger partial charge in [-0.1, -0.05) is 0 Å². The summed E-state index contributed by atoms with van der Waals surface area (Å²) in [4.78, 5) is 20.2. The van der Waals surface area contributed by atoms with Crippen molar-refractivity contribution in [2.45, 2.75) is 0 Å². The molecule has 1 aromatic carbocycles. The monoisotopic (exact) mass is 212 g/mol. The van der Waals surface area contributed by atoms with Crippen molar-refractivity contribution in [3.05, 3.63) is 28.3 Å². The molecule has 0 atom stereocenters. The van der Waals surface area contributed by atoms with Crippen molar-refractivity contribution in [2.75, 3.05) is 12.4 Å². The number of rotatable bonds is 3. The topological polar surface area (TPSA) is 102 Å². The summed E-state index contributed by atoms with van der Waals surface area (Å²) in [6.45, 7) is 0. The molecule has 0 radical (unpaired) electrons. The van der Waals surface area contributed by atoms with Crippen LogP contribution in [0.1, 0.15) is 0 Å². The fraction of sp³-hybridized carbons (Fsp3) is 0.125. The van der Waals surface area contributed by atoms with E-state index in [-0.39, 0.29) is 17.1 Å². The summed E-state index contributed by atoms with van der Waals surface area (Å²) >= 11 is 0. The van der Waals surface area contributed by atoms with Crippen LogP contribution in [-0.2, 0) is 0 Å². The molecular weight excluding hydrogens is 204 g/mol. The van der Waals surface area contributed by atoms with E-state index in [9.17, 15) is 14.9 Å². The van der Waals surface area contributed by atoms with Gasteiger partial charge in [-0.2, -0.15) is 0 Å². The molecule has 1 aromatic rings. The fourth-order valence-electron chi connectivity index (χ4n) is 1.01. The molecule has 0 aliphatic carbocycles. The summed E-state index contributed by atoms with van der Waals surface area (Å²) in [7, 11) is 1.30. The maximum absolute atomic E-state index is 10.4. The number of carboxylic acid groups (broad SMARTS) is 1. The Balaban J connectivity index is 3.08. The molecule has 1 rings (SSSR count). The summed E-state index contributed by atoms with van der Waals surface area (Å²) in [5.74, 6) is 0.103. The van der Waals surface area contributed by atoms with Gasteiger partial charge in [-0.3, -0.25) is 15.4 Å². The fourth-order valence-corrected chi connectivity index (χ4v) is 1.01. The zero-order valence-corrected chi connectivity index (χ0v) is 7.76. The van der Waals surface area contributed by atoms with Gasteiger partial charge in [-0.25, -0.2) is 4.79 Å². The van der Waals surface area contributed by atoms with E-state index in [2.05, 4.69) is 5.32 Å². The number of hydrogen-bond acceptors (Lipinski definition) is 4. The lowest BCUT2D eigenvalue weighted by atomic mass is 10.2. The number of anilines is 1. The predicted molar refractivity (Wildman–Crippen MR) is 51.3 cm³/mol. The molecule has 7 heteroatoms.